The quantitative estimate of drug-likeness (QED) is 0.936. The minimum Gasteiger partial charge on any atom is -0.371 e. The first-order chi connectivity index (χ1) is 11.1. The van der Waals surface area contributed by atoms with E-state index in [4.69, 9.17) is 11.6 Å². The number of hydrogen-bond acceptors (Lipinski definition) is 4. The molecule has 23 heavy (non-hydrogen) atoms. The van der Waals surface area contributed by atoms with Crippen molar-refractivity contribution < 1.29 is 4.79 Å². The first-order valence-electron chi connectivity index (χ1n) is 7.69. The Bertz CT molecular complexity index is 692. The lowest BCUT2D eigenvalue weighted by Gasteiger charge is -2.21. The molecule has 1 N–H and O–H groups in total. The van der Waals surface area contributed by atoms with Crippen LogP contribution in [0.2, 0.25) is 5.02 Å². The van der Waals surface area contributed by atoms with Gasteiger partial charge in [-0.05, 0) is 43.0 Å². The number of rotatable bonds is 4. The molecule has 0 spiro atoms. The summed E-state index contributed by atoms with van der Waals surface area (Å²) >= 11 is 6.11. The van der Waals surface area contributed by atoms with Gasteiger partial charge in [0, 0.05) is 30.3 Å². The molecule has 3 rings (SSSR count). The van der Waals surface area contributed by atoms with Gasteiger partial charge in [-0.25, -0.2) is 0 Å². The monoisotopic (exact) mass is 330 g/mol. The highest BCUT2D eigenvalue weighted by molar-refractivity contribution is 6.30. The van der Waals surface area contributed by atoms with Crippen molar-refractivity contribution in [1.29, 1.82) is 0 Å². The fourth-order valence-electron chi connectivity index (χ4n) is 2.91. The van der Waals surface area contributed by atoms with Crippen LogP contribution in [0.3, 0.4) is 0 Å². The number of carbonyl (C=O) groups is 1. The number of halogens is 1. The highest BCUT2D eigenvalue weighted by Crippen LogP contribution is 2.29. The largest absolute Gasteiger partial charge is 0.371 e. The van der Waals surface area contributed by atoms with Crippen LogP contribution < -0.4 is 10.2 Å². The van der Waals surface area contributed by atoms with Gasteiger partial charge in [0.25, 0.3) is 5.91 Å². The van der Waals surface area contributed by atoms with Crippen molar-refractivity contribution in [2.75, 3.05) is 24.5 Å². The molecule has 1 atom stereocenters. The second-order valence-electron chi connectivity index (χ2n) is 5.87. The molecular weight excluding hydrogens is 312 g/mol. The van der Waals surface area contributed by atoms with Crippen LogP contribution in [0, 0.1) is 12.8 Å². The van der Waals surface area contributed by atoms with E-state index in [0.717, 1.165) is 24.5 Å². The molecule has 1 saturated heterocycles. The maximum absolute atomic E-state index is 12.0. The summed E-state index contributed by atoms with van der Waals surface area (Å²) in [5, 5.41) is 11.1. The van der Waals surface area contributed by atoms with Crippen molar-refractivity contribution in [2.24, 2.45) is 5.92 Å². The summed E-state index contributed by atoms with van der Waals surface area (Å²) < 4.78 is 0. The topological polar surface area (TPSA) is 58.1 Å². The SMILES string of the molecule is Cc1ccc(Cl)cc1N1CC[C@H](CNC(=O)c2ccnnc2)C1. The lowest BCUT2D eigenvalue weighted by Crippen LogP contribution is -2.31. The van der Waals surface area contributed by atoms with Crippen LogP contribution >= 0.6 is 11.6 Å². The molecule has 5 nitrogen and oxygen atoms in total. The summed E-state index contributed by atoms with van der Waals surface area (Å²) in [4.78, 5) is 14.4. The molecule has 2 heterocycles. The molecule has 1 aromatic carbocycles. The van der Waals surface area contributed by atoms with Gasteiger partial charge in [-0.1, -0.05) is 17.7 Å². The Hall–Kier alpha value is -2.14. The van der Waals surface area contributed by atoms with Gasteiger partial charge < -0.3 is 10.2 Å². The smallest absolute Gasteiger partial charge is 0.252 e. The van der Waals surface area contributed by atoms with Crippen molar-refractivity contribution in [3.8, 4) is 0 Å². The average molecular weight is 331 g/mol. The van der Waals surface area contributed by atoms with E-state index in [1.807, 2.05) is 18.2 Å². The van der Waals surface area contributed by atoms with Crippen LogP contribution in [0.15, 0.2) is 36.7 Å². The molecule has 120 valence electrons. The third kappa shape index (κ3) is 3.79. The van der Waals surface area contributed by atoms with Crippen LogP contribution in [0.5, 0.6) is 0 Å². The third-order valence-corrected chi connectivity index (χ3v) is 4.43. The van der Waals surface area contributed by atoms with Gasteiger partial charge >= 0.3 is 0 Å². The zero-order valence-corrected chi connectivity index (χ0v) is 13.8. The van der Waals surface area contributed by atoms with Crippen LogP contribution in [0.1, 0.15) is 22.3 Å². The zero-order valence-electron chi connectivity index (χ0n) is 13.0. The Kier molecular flexibility index (Phi) is 4.76. The molecule has 1 aliphatic heterocycles. The van der Waals surface area contributed by atoms with E-state index in [1.54, 1.807) is 6.07 Å². The number of aryl methyl sites for hydroxylation is 1. The highest BCUT2D eigenvalue weighted by atomic mass is 35.5. The molecule has 0 unspecified atom stereocenters. The Balaban J connectivity index is 1.56. The van der Waals surface area contributed by atoms with Crippen molar-refractivity contribution in [1.82, 2.24) is 15.5 Å². The Morgan fingerprint density at radius 1 is 1.39 bits per heavy atom. The summed E-state index contributed by atoms with van der Waals surface area (Å²) in [5.74, 6) is 0.337. The molecule has 0 aliphatic carbocycles. The second-order valence-corrected chi connectivity index (χ2v) is 6.31. The fourth-order valence-corrected chi connectivity index (χ4v) is 3.07. The predicted molar refractivity (Wildman–Crippen MR) is 90.9 cm³/mol. The number of nitrogens with one attached hydrogen (secondary N) is 1. The number of anilines is 1. The molecule has 0 bridgehead atoms. The number of nitrogens with zero attached hydrogens (tertiary/aromatic N) is 3. The standard InChI is InChI=1S/C17H19ClN4O/c1-12-2-3-15(18)8-16(12)22-7-5-13(11-22)9-19-17(23)14-4-6-20-21-10-14/h2-4,6,8,10,13H,5,7,9,11H2,1H3,(H,19,23)/t13-/m1/s1. The normalized spacial score (nSPS) is 17.3. The van der Waals surface area contributed by atoms with E-state index in [2.05, 4.69) is 27.3 Å². The number of carbonyl (C=O) groups excluding carboxylic acids is 1. The Labute approximate surface area is 140 Å². The second kappa shape index (κ2) is 6.96. The third-order valence-electron chi connectivity index (χ3n) is 4.20. The van der Waals surface area contributed by atoms with Gasteiger partial charge in [0.1, 0.15) is 0 Å². The maximum atomic E-state index is 12.0. The Morgan fingerprint density at radius 3 is 3.04 bits per heavy atom. The van der Waals surface area contributed by atoms with Gasteiger partial charge in [-0.2, -0.15) is 10.2 Å². The summed E-state index contributed by atoms with van der Waals surface area (Å²) in [6, 6.07) is 7.64. The molecule has 1 aromatic heterocycles. The number of aromatic nitrogens is 2. The number of benzene rings is 1. The van der Waals surface area contributed by atoms with Gasteiger partial charge in [-0.15, -0.1) is 0 Å². The van der Waals surface area contributed by atoms with E-state index >= 15 is 0 Å². The van der Waals surface area contributed by atoms with Crippen LogP contribution in [0.4, 0.5) is 5.69 Å². The molecule has 0 saturated carbocycles. The fraction of sp³-hybridized carbons (Fsp3) is 0.353. The summed E-state index contributed by atoms with van der Waals surface area (Å²) in [6.07, 6.45) is 4.06. The molecular formula is C17H19ClN4O. The molecule has 1 fully saturated rings. The van der Waals surface area contributed by atoms with Crippen LogP contribution in [-0.4, -0.2) is 35.7 Å². The van der Waals surface area contributed by atoms with E-state index in [0.29, 0.717) is 18.0 Å². The van der Waals surface area contributed by atoms with E-state index < -0.39 is 0 Å². The van der Waals surface area contributed by atoms with Gasteiger partial charge in [0.15, 0.2) is 0 Å². The lowest BCUT2D eigenvalue weighted by atomic mass is 10.1. The lowest BCUT2D eigenvalue weighted by molar-refractivity contribution is 0.0947. The Morgan fingerprint density at radius 2 is 2.26 bits per heavy atom. The molecule has 1 aliphatic rings. The van der Waals surface area contributed by atoms with Crippen molar-refractivity contribution in [3.05, 3.63) is 52.8 Å². The summed E-state index contributed by atoms with van der Waals surface area (Å²) in [5.41, 5.74) is 2.95. The van der Waals surface area contributed by atoms with E-state index in [1.165, 1.54) is 23.6 Å². The number of hydrogen-bond donors (Lipinski definition) is 1. The minimum atomic E-state index is -0.0997. The molecule has 6 heteroatoms. The van der Waals surface area contributed by atoms with E-state index in [-0.39, 0.29) is 5.91 Å². The maximum Gasteiger partial charge on any atom is 0.252 e. The van der Waals surface area contributed by atoms with Crippen LogP contribution in [0.25, 0.3) is 0 Å². The molecule has 1 amide bonds. The van der Waals surface area contributed by atoms with E-state index in [9.17, 15) is 4.79 Å². The van der Waals surface area contributed by atoms with Gasteiger partial charge in [0.05, 0.1) is 18.0 Å². The minimum absolute atomic E-state index is 0.0997. The van der Waals surface area contributed by atoms with Gasteiger partial charge in [-0.3, -0.25) is 4.79 Å². The van der Waals surface area contributed by atoms with Crippen LogP contribution in [-0.2, 0) is 0 Å². The average Bonchev–Trinajstić information content (AvgIpc) is 3.04. The summed E-state index contributed by atoms with van der Waals surface area (Å²) in [6.45, 7) is 4.67. The molecule has 2 aromatic rings. The predicted octanol–water partition coefficient (Wildman–Crippen LogP) is 2.69. The zero-order chi connectivity index (χ0) is 16.2. The van der Waals surface area contributed by atoms with Crippen molar-refractivity contribution >= 4 is 23.2 Å². The van der Waals surface area contributed by atoms with Crippen molar-refractivity contribution in [2.45, 2.75) is 13.3 Å². The first-order valence-corrected chi connectivity index (χ1v) is 8.07. The highest BCUT2D eigenvalue weighted by Gasteiger charge is 2.24. The van der Waals surface area contributed by atoms with Crippen molar-refractivity contribution in [3.63, 3.8) is 0 Å². The summed E-state index contributed by atoms with van der Waals surface area (Å²) in [7, 11) is 0. The molecule has 0 radical (unpaired) electrons. The number of amides is 1. The van der Waals surface area contributed by atoms with Gasteiger partial charge in [0.2, 0.25) is 0 Å². The first kappa shape index (κ1) is 15.7.